The maximum Gasteiger partial charge on any atom is 0.418 e. The molecule has 0 saturated carbocycles. The second kappa shape index (κ2) is 4.98. The number of hydrogen-bond donors (Lipinski definition) is 0. The lowest BCUT2D eigenvalue weighted by Crippen LogP contribution is -2.56. The summed E-state index contributed by atoms with van der Waals surface area (Å²) in [5.41, 5.74) is -0.689. The van der Waals surface area contributed by atoms with Crippen LogP contribution in [0.2, 0.25) is 0 Å². The minimum absolute atomic E-state index is 0.766. The second-order valence-corrected chi connectivity index (χ2v) is 5.58. The zero-order valence-electron chi connectivity index (χ0n) is 12.4. The van der Waals surface area contributed by atoms with Crippen LogP contribution in [0.25, 0.3) is 0 Å². The predicted molar refractivity (Wildman–Crippen MR) is 79.8 cm³/mol. The first-order valence-corrected chi connectivity index (χ1v) is 7.05. The molecule has 2 atom stereocenters. The van der Waals surface area contributed by atoms with E-state index in [0.29, 0.717) is 0 Å². The number of carbonyl (C=O) groups excluding carboxylic acids is 2. The van der Waals surface area contributed by atoms with Crippen molar-refractivity contribution in [2.45, 2.75) is 25.0 Å². The number of hydrogen-bond acceptors (Lipinski definition) is 4. The molecule has 0 radical (unpaired) electrons. The van der Waals surface area contributed by atoms with E-state index in [2.05, 4.69) is 0 Å². The Bertz CT molecular complexity index is 647. The van der Waals surface area contributed by atoms with Crippen LogP contribution in [0.4, 0.5) is 0 Å². The van der Waals surface area contributed by atoms with Crippen LogP contribution in [0.1, 0.15) is 25.0 Å². The topological polar surface area (TPSA) is 52.6 Å². The van der Waals surface area contributed by atoms with Gasteiger partial charge in [-0.25, -0.2) is 9.59 Å². The molecule has 3 rings (SSSR count). The lowest BCUT2D eigenvalue weighted by Gasteiger charge is -2.47. The van der Waals surface area contributed by atoms with Crippen molar-refractivity contribution in [3.63, 3.8) is 0 Å². The van der Waals surface area contributed by atoms with Crippen LogP contribution < -0.4 is 0 Å². The van der Waals surface area contributed by atoms with Crippen LogP contribution in [0.3, 0.4) is 0 Å². The molecule has 1 aliphatic heterocycles. The Morgan fingerprint density at radius 2 is 0.955 bits per heavy atom. The summed E-state index contributed by atoms with van der Waals surface area (Å²) < 4.78 is 11.1. The minimum atomic E-state index is -1.11. The first-order chi connectivity index (χ1) is 10.5. The molecule has 0 bridgehead atoms. The van der Waals surface area contributed by atoms with E-state index in [0.717, 1.165) is 11.1 Å². The predicted octanol–water partition coefficient (Wildman–Crippen LogP) is 2.92. The maximum atomic E-state index is 11.8. The molecule has 112 valence electrons. The molecule has 0 spiro atoms. The Kier molecular flexibility index (Phi) is 3.24. The van der Waals surface area contributed by atoms with Gasteiger partial charge in [-0.3, -0.25) is 0 Å². The van der Waals surface area contributed by atoms with Gasteiger partial charge in [0.15, 0.2) is 11.2 Å². The Hall–Kier alpha value is -2.62. The Morgan fingerprint density at radius 1 is 0.636 bits per heavy atom. The average molecular weight is 296 g/mol. The van der Waals surface area contributed by atoms with E-state index in [1.165, 1.54) is 0 Å². The molecule has 0 amide bonds. The van der Waals surface area contributed by atoms with Gasteiger partial charge in [0.2, 0.25) is 0 Å². The Balaban J connectivity index is 2.20. The molecule has 0 N–H and O–H groups in total. The molecule has 4 nitrogen and oxygen atoms in total. The molecule has 1 heterocycles. The van der Waals surface area contributed by atoms with Crippen molar-refractivity contribution in [3.8, 4) is 0 Å². The van der Waals surface area contributed by atoms with Crippen LogP contribution in [0.15, 0.2) is 60.7 Å². The van der Waals surface area contributed by atoms with Crippen molar-refractivity contribution in [2.24, 2.45) is 0 Å². The van der Waals surface area contributed by atoms with Crippen molar-refractivity contribution in [1.82, 2.24) is 0 Å². The number of esters is 2. The first kappa shape index (κ1) is 14.3. The second-order valence-electron chi connectivity index (χ2n) is 5.58. The van der Waals surface area contributed by atoms with Gasteiger partial charge in [-0.15, -0.1) is 0 Å². The van der Waals surface area contributed by atoms with E-state index in [1.54, 1.807) is 13.8 Å². The SMILES string of the molecule is CC1(c2ccccc2)OC(=O)C(=O)OC1(C)c1ccccc1. The van der Waals surface area contributed by atoms with Crippen LogP contribution in [-0.2, 0) is 30.3 Å². The van der Waals surface area contributed by atoms with Crippen molar-refractivity contribution in [1.29, 1.82) is 0 Å². The summed E-state index contributed by atoms with van der Waals surface area (Å²) in [4.78, 5) is 23.6. The molecular weight excluding hydrogens is 280 g/mol. The highest BCUT2D eigenvalue weighted by Gasteiger charge is 2.58. The van der Waals surface area contributed by atoms with Crippen LogP contribution in [0, 0.1) is 0 Å². The minimum Gasteiger partial charge on any atom is -0.441 e. The quantitative estimate of drug-likeness (QED) is 0.631. The zero-order valence-corrected chi connectivity index (χ0v) is 12.4. The average Bonchev–Trinajstić information content (AvgIpc) is 2.55. The monoisotopic (exact) mass is 296 g/mol. The van der Waals surface area contributed by atoms with Crippen molar-refractivity contribution < 1.29 is 19.1 Å². The first-order valence-electron chi connectivity index (χ1n) is 7.05. The number of carbonyl (C=O) groups is 2. The van der Waals surface area contributed by atoms with Gasteiger partial charge in [0.1, 0.15) is 0 Å². The van der Waals surface area contributed by atoms with Gasteiger partial charge in [0, 0.05) is 0 Å². The van der Waals surface area contributed by atoms with Crippen LogP contribution in [-0.4, -0.2) is 11.9 Å². The lowest BCUT2D eigenvalue weighted by molar-refractivity contribution is -0.241. The third-order valence-corrected chi connectivity index (χ3v) is 4.32. The standard InChI is InChI=1S/C18H16O4/c1-17(13-9-5-3-6-10-13)18(2,14-11-7-4-8-12-14)22-16(20)15(19)21-17/h3-12H,1-2H3. The Morgan fingerprint density at radius 3 is 1.27 bits per heavy atom. The molecule has 1 saturated heterocycles. The van der Waals surface area contributed by atoms with Gasteiger partial charge < -0.3 is 9.47 Å². The number of rotatable bonds is 2. The van der Waals surface area contributed by atoms with Crippen LogP contribution >= 0.6 is 0 Å². The third-order valence-electron chi connectivity index (χ3n) is 4.32. The van der Waals surface area contributed by atoms with Gasteiger partial charge in [-0.1, -0.05) is 60.7 Å². The molecule has 2 unspecified atom stereocenters. The fraction of sp³-hybridized carbons (Fsp3) is 0.222. The van der Waals surface area contributed by atoms with Gasteiger partial charge in [-0.2, -0.15) is 0 Å². The number of cyclic esters (lactones) is 2. The molecule has 0 aliphatic carbocycles. The summed E-state index contributed by atoms with van der Waals surface area (Å²) in [7, 11) is 0. The van der Waals surface area contributed by atoms with Crippen molar-refractivity contribution >= 4 is 11.9 Å². The molecule has 2 aromatic rings. The maximum absolute atomic E-state index is 11.8. The largest absolute Gasteiger partial charge is 0.441 e. The highest BCUT2D eigenvalue weighted by atomic mass is 16.7. The molecule has 4 heteroatoms. The summed E-state index contributed by atoms with van der Waals surface area (Å²) in [6.45, 7) is 3.53. The molecular formula is C18H16O4. The molecule has 0 aromatic heterocycles. The number of benzene rings is 2. The van der Waals surface area contributed by atoms with Gasteiger partial charge in [0.05, 0.1) is 0 Å². The normalized spacial score (nSPS) is 27.9. The Labute approximate surface area is 128 Å². The smallest absolute Gasteiger partial charge is 0.418 e. The van der Waals surface area contributed by atoms with Crippen LogP contribution in [0.5, 0.6) is 0 Å². The number of ether oxygens (including phenoxy) is 2. The summed E-state index contributed by atoms with van der Waals surface area (Å²) >= 11 is 0. The zero-order chi connectivity index (χ0) is 15.8. The van der Waals surface area contributed by atoms with E-state index < -0.39 is 23.1 Å². The van der Waals surface area contributed by atoms with E-state index >= 15 is 0 Å². The van der Waals surface area contributed by atoms with Crippen molar-refractivity contribution in [2.75, 3.05) is 0 Å². The van der Waals surface area contributed by atoms with E-state index in [4.69, 9.17) is 9.47 Å². The molecule has 1 fully saturated rings. The molecule has 22 heavy (non-hydrogen) atoms. The van der Waals surface area contributed by atoms with Gasteiger partial charge >= 0.3 is 11.9 Å². The van der Waals surface area contributed by atoms with E-state index in [-0.39, 0.29) is 0 Å². The summed E-state index contributed by atoms with van der Waals surface area (Å²) in [6, 6.07) is 18.6. The molecule has 1 aliphatic rings. The van der Waals surface area contributed by atoms with E-state index in [9.17, 15) is 9.59 Å². The lowest BCUT2D eigenvalue weighted by atomic mass is 9.74. The van der Waals surface area contributed by atoms with Crippen molar-refractivity contribution in [3.05, 3.63) is 71.8 Å². The van der Waals surface area contributed by atoms with Gasteiger partial charge in [-0.05, 0) is 25.0 Å². The molecule has 2 aromatic carbocycles. The highest BCUT2D eigenvalue weighted by Crippen LogP contribution is 2.48. The fourth-order valence-electron chi connectivity index (χ4n) is 2.83. The van der Waals surface area contributed by atoms with E-state index in [1.807, 2.05) is 60.7 Å². The third kappa shape index (κ3) is 1.99. The fourth-order valence-corrected chi connectivity index (χ4v) is 2.83. The van der Waals surface area contributed by atoms with Gasteiger partial charge in [0.25, 0.3) is 0 Å². The summed E-state index contributed by atoms with van der Waals surface area (Å²) in [5, 5.41) is 0. The highest BCUT2D eigenvalue weighted by molar-refractivity contribution is 6.30. The summed E-state index contributed by atoms with van der Waals surface area (Å²) in [6.07, 6.45) is 0. The summed E-state index contributed by atoms with van der Waals surface area (Å²) in [5.74, 6) is -1.94.